The quantitative estimate of drug-likeness (QED) is 0.873. The number of rotatable bonds is 5. The van der Waals surface area contributed by atoms with Crippen LogP contribution in [0.2, 0.25) is 0 Å². The highest BCUT2D eigenvalue weighted by Crippen LogP contribution is 2.12. The van der Waals surface area contributed by atoms with E-state index in [0.29, 0.717) is 6.61 Å². The highest BCUT2D eigenvalue weighted by atomic mass is 16.5. The van der Waals surface area contributed by atoms with E-state index in [-0.39, 0.29) is 6.04 Å². The minimum absolute atomic E-state index is 0.209. The van der Waals surface area contributed by atoms with Crippen molar-refractivity contribution in [3.8, 4) is 5.75 Å². The lowest BCUT2D eigenvalue weighted by atomic mass is 10.2. The smallest absolute Gasteiger partial charge is 0.126 e. The molecule has 0 fully saturated rings. The fourth-order valence-corrected chi connectivity index (χ4v) is 1.60. The monoisotopic (exact) mass is 242 g/mol. The van der Waals surface area contributed by atoms with Crippen LogP contribution in [0, 0.1) is 6.92 Å². The number of aryl methyl sites for hydroxylation is 1. The molecule has 0 amide bonds. The molecular weight excluding hydrogens is 224 g/mol. The summed E-state index contributed by atoms with van der Waals surface area (Å²) in [7, 11) is 0. The predicted molar refractivity (Wildman–Crippen MR) is 74.0 cm³/mol. The summed E-state index contributed by atoms with van der Waals surface area (Å²) in [6, 6.07) is 14.1. The normalized spacial score (nSPS) is 11.9. The molecule has 18 heavy (non-hydrogen) atoms. The van der Waals surface area contributed by atoms with E-state index >= 15 is 0 Å². The third-order valence-corrected chi connectivity index (χ3v) is 2.58. The van der Waals surface area contributed by atoms with E-state index in [1.165, 1.54) is 5.56 Å². The summed E-state index contributed by atoms with van der Waals surface area (Å²) in [5, 5.41) is 3.29. The minimum Gasteiger partial charge on any atom is -0.491 e. The number of hydrogen-bond acceptors (Lipinski definition) is 3. The van der Waals surface area contributed by atoms with Crippen LogP contribution in [0.15, 0.2) is 48.7 Å². The Hall–Kier alpha value is -2.03. The number of benzene rings is 1. The van der Waals surface area contributed by atoms with E-state index in [0.717, 1.165) is 11.6 Å². The zero-order valence-electron chi connectivity index (χ0n) is 10.8. The highest BCUT2D eigenvalue weighted by molar-refractivity contribution is 5.34. The molecule has 0 radical (unpaired) electrons. The Labute approximate surface area is 108 Å². The number of hydrogen-bond donors (Lipinski definition) is 1. The van der Waals surface area contributed by atoms with Crippen LogP contribution < -0.4 is 10.1 Å². The van der Waals surface area contributed by atoms with Crippen LogP contribution in [0.4, 0.5) is 5.82 Å². The van der Waals surface area contributed by atoms with E-state index in [9.17, 15) is 0 Å². The molecule has 2 aromatic rings. The van der Waals surface area contributed by atoms with Gasteiger partial charge in [-0.05, 0) is 38.1 Å². The zero-order chi connectivity index (χ0) is 12.8. The Kier molecular flexibility index (Phi) is 4.18. The van der Waals surface area contributed by atoms with Gasteiger partial charge in [-0.15, -0.1) is 0 Å². The van der Waals surface area contributed by atoms with E-state index < -0.39 is 0 Å². The van der Waals surface area contributed by atoms with Crippen molar-refractivity contribution in [1.29, 1.82) is 0 Å². The second-order valence-corrected chi connectivity index (χ2v) is 4.38. The number of nitrogens with one attached hydrogen (secondary N) is 1. The third-order valence-electron chi connectivity index (χ3n) is 2.58. The predicted octanol–water partition coefficient (Wildman–Crippen LogP) is 3.27. The average Bonchev–Trinajstić information content (AvgIpc) is 2.39. The average molecular weight is 242 g/mol. The lowest BCUT2D eigenvalue weighted by Crippen LogP contribution is -2.23. The van der Waals surface area contributed by atoms with Crippen molar-refractivity contribution >= 4 is 5.82 Å². The second kappa shape index (κ2) is 6.05. The van der Waals surface area contributed by atoms with Crippen molar-refractivity contribution in [3.63, 3.8) is 0 Å². The highest BCUT2D eigenvalue weighted by Gasteiger charge is 2.03. The van der Waals surface area contributed by atoms with Crippen molar-refractivity contribution in [2.45, 2.75) is 19.9 Å². The molecule has 0 saturated carbocycles. The molecule has 0 aliphatic carbocycles. The largest absolute Gasteiger partial charge is 0.491 e. The van der Waals surface area contributed by atoms with Gasteiger partial charge in [-0.2, -0.15) is 0 Å². The van der Waals surface area contributed by atoms with Crippen molar-refractivity contribution < 1.29 is 4.74 Å². The zero-order valence-corrected chi connectivity index (χ0v) is 10.8. The molecule has 1 atom stereocenters. The van der Waals surface area contributed by atoms with E-state index in [2.05, 4.69) is 24.1 Å². The molecule has 0 aliphatic heterocycles. The van der Waals surface area contributed by atoms with Crippen LogP contribution in [0.25, 0.3) is 0 Å². The van der Waals surface area contributed by atoms with Gasteiger partial charge in [0.05, 0.1) is 6.04 Å². The summed E-state index contributed by atoms with van der Waals surface area (Å²) in [6.07, 6.45) is 1.77. The van der Waals surface area contributed by atoms with Gasteiger partial charge >= 0.3 is 0 Å². The molecule has 0 bridgehead atoms. The van der Waals surface area contributed by atoms with Gasteiger partial charge < -0.3 is 10.1 Å². The Morgan fingerprint density at radius 3 is 2.61 bits per heavy atom. The second-order valence-electron chi connectivity index (χ2n) is 4.38. The lowest BCUT2D eigenvalue weighted by molar-refractivity contribution is 0.303. The van der Waals surface area contributed by atoms with E-state index in [4.69, 9.17) is 4.74 Å². The maximum Gasteiger partial charge on any atom is 0.126 e. The fraction of sp³-hybridized carbons (Fsp3) is 0.267. The topological polar surface area (TPSA) is 34.1 Å². The minimum atomic E-state index is 0.209. The van der Waals surface area contributed by atoms with Crippen LogP contribution in [-0.4, -0.2) is 17.6 Å². The van der Waals surface area contributed by atoms with Gasteiger partial charge in [-0.25, -0.2) is 4.98 Å². The molecule has 0 spiro atoms. The van der Waals surface area contributed by atoms with Crippen LogP contribution in [-0.2, 0) is 0 Å². The molecule has 3 heteroatoms. The van der Waals surface area contributed by atoms with Crippen molar-refractivity contribution in [3.05, 3.63) is 54.2 Å². The molecule has 1 N–H and O–H groups in total. The van der Waals surface area contributed by atoms with Gasteiger partial charge in [0, 0.05) is 6.20 Å². The SMILES string of the molecule is Cc1ccc(OCC(C)Nc2ccccn2)cc1. The number of ether oxygens (including phenoxy) is 1. The fourth-order valence-electron chi connectivity index (χ4n) is 1.60. The lowest BCUT2D eigenvalue weighted by Gasteiger charge is -2.15. The van der Waals surface area contributed by atoms with Crippen LogP contribution >= 0.6 is 0 Å². The maximum atomic E-state index is 5.70. The van der Waals surface area contributed by atoms with E-state index in [1.54, 1.807) is 6.20 Å². The number of aromatic nitrogens is 1. The molecule has 2 rings (SSSR count). The first-order valence-corrected chi connectivity index (χ1v) is 6.11. The van der Waals surface area contributed by atoms with Crippen molar-refractivity contribution in [1.82, 2.24) is 4.98 Å². The Morgan fingerprint density at radius 2 is 1.94 bits per heavy atom. The summed E-state index contributed by atoms with van der Waals surface area (Å²) in [6.45, 7) is 4.75. The van der Waals surface area contributed by atoms with Crippen LogP contribution in [0.1, 0.15) is 12.5 Å². The Morgan fingerprint density at radius 1 is 1.17 bits per heavy atom. The third kappa shape index (κ3) is 3.77. The van der Waals surface area contributed by atoms with Gasteiger partial charge in [0.25, 0.3) is 0 Å². The summed E-state index contributed by atoms with van der Waals surface area (Å²) in [5.41, 5.74) is 1.24. The molecule has 0 saturated heterocycles. The first kappa shape index (κ1) is 12.4. The summed E-state index contributed by atoms with van der Waals surface area (Å²) >= 11 is 0. The molecule has 1 unspecified atom stereocenters. The summed E-state index contributed by atoms with van der Waals surface area (Å²) in [4.78, 5) is 4.22. The molecule has 0 aliphatic rings. The van der Waals surface area contributed by atoms with Crippen molar-refractivity contribution in [2.75, 3.05) is 11.9 Å². The molecule has 1 heterocycles. The molecule has 94 valence electrons. The van der Waals surface area contributed by atoms with Gasteiger partial charge in [0.15, 0.2) is 0 Å². The maximum absolute atomic E-state index is 5.70. The van der Waals surface area contributed by atoms with Crippen LogP contribution in [0.5, 0.6) is 5.75 Å². The Balaban J connectivity index is 1.81. The number of pyridine rings is 1. The van der Waals surface area contributed by atoms with E-state index in [1.807, 2.05) is 42.5 Å². The summed E-state index contributed by atoms with van der Waals surface area (Å²) in [5.74, 6) is 1.77. The standard InChI is InChI=1S/C15H18N2O/c1-12-6-8-14(9-7-12)18-11-13(2)17-15-5-3-4-10-16-15/h3-10,13H,11H2,1-2H3,(H,16,17). The van der Waals surface area contributed by atoms with Gasteiger partial charge in [-0.1, -0.05) is 23.8 Å². The number of nitrogens with zero attached hydrogens (tertiary/aromatic N) is 1. The van der Waals surface area contributed by atoms with Crippen LogP contribution in [0.3, 0.4) is 0 Å². The molecule has 1 aromatic heterocycles. The molecule has 1 aromatic carbocycles. The Bertz CT molecular complexity index is 468. The first-order valence-electron chi connectivity index (χ1n) is 6.11. The first-order chi connectivity index (χ1) is 8.74. The van der Waals surface area contributed by atoms with Gasteiger partial charge in [0.2, 0.25) is 0 Å². The number of anilines is 1. The molecule has 3 nitrogen and oxygen atoms in total. The summed E-state index contributed by atoms with van der Waals surface area (Å²) < 4.78 is 5.70. The van der Waals surface area contributed by atoms with Crippen molar-refractivity contribution in [2.24, 2.45) is 0 Å². The van der Waals surface area contributed by atoms with Gasteiger partial charge in [0.1, 0.15) is 18.2 Å². The molecular formula is C15H18N2O. The van der Waals surface area contributed by atoms with Gasteiger partial charge in [-0.3, -0.25) is 0 Å².